The number of carbonyl (C=O) groups is 1. The van der Waals surface area contributed by atoms with Crippen LogP contribution >= 0.6 is 0 Å². The van der Waals surface area contributed by atoms with Crippen molar-refractivity contribution in [3.63, 3.8) is 0 Å². The summed E-state index contributed by atoms with van der Waals surface area (Å²) in [6.45, 7) is 2.14. The molecule has 0 aliphatic heterocycles. The lowest BCUT2D eigenvalue weighted by Crippen LogP contribution is -2.23. The second-order valence-corrected chi connectivity index (χ2v) is 3.01. The molecule has 0 radical (unpaired) electrons. The first-order valence-corrected chi connectivity index (χ1v) is 4.60. The Morgan fingerprint density at radius 3 is 3.00 bits per heavy atom. The van der Waals surface area contributed by atoms with Crippen molar-refractivity contribution in [2.24, 2.45) is 0 Å². The van der Waals surface area contributed by atoms with E-state index in [-0.39, 0.29) is 6.61 Å². The van der Waals surface area contributed by atoms with Gasteiger partial charge < -0.3 is 14.3 Å². The molecule has 1 rings (SSSR count). The van der Waals surface area contributed by atoms with Crippen LogP contribution in [-0.2, 0) is 16.1 Å². The highest BCUT2D eigenvalue weighted by molar-refractivity contribution is 5.72. The van der Waals surface area contributed by atoms with Gasteiger partial charge in [0.15, 0.2) is 6.10 Å². The van der Waals surface area contributed by atoms with Crippen molar-refractivity contribution in [1.29, 1.82) is 0 Å². The molecule has 4 nitrogen and oxygen atoms in total. The van der Waals surface area contributed by atoms with E-state index in [1.54, 1.807) is 12.1 Å². The molecule has 0 bridgehead atoms. The van der Waals surface area contributed by atoms with E-state index in [0.717, 1.165) is 6.42 Å². The molecule has 0 amide bonds. The molecule has 0 fully saturated rings. The van der Waals surface area contributed by atoms with Gasteiger partial charge in [0.2, 0.25) is 0 Å². The number of aliphatic carboxylic acids is 1. The predicted octanol–water partition coefficient (Wildman–Crippen LogP) is 2.05. The molecule has 1 aromatic rings. The highest BCUT2D eigenvalue weighted by Gasteiger charge is 2.16. The van der Waals surface area contributed by atoms with Crippen LogP contribution in [0, 0.1) is 0 Å². The van der Waals surface area contributed by atoms with Crippen LogP contribution in [0.1, 0.15) is 25.5 Å². The molecule has 0 aromatic carbocycles. The zero-order valence-electron chi connectivity index (χ0n) is 8.10. The molecule has 0 aliphatic rings. The third-order valence-corrected chi connectivity index (χ3v) is 1.83. The van der Waals surface area contributed by atoms with E-state index in [1.807, 2.05) is 6.92 Å². The molecule has 14 heavy (non-hydrogen) atoms. The molecular weight excluding hydrogens is 184 g/mol. The van der Waals surface area contributed by atoms with E-state index in [1.165, 1.54) is 6.26 Å². The first kappa shape index (κ1) is 10.8. The third kappa shape index (κ3) is 3.22. The zero-order chi connectivity index (χ0) is 10.4. The first-order valence-electron chi connectivity index (χ1n) is 4.60. The van der Waals surface area contributed by atoms with E-state index in [2.05, 4.69) is 0 Å². The van der Waals surface area contributed by atoms with Crippen molar-refractivity contribution in [1.82, 2.24) is 0 Å². The van der Waals surface area contributed by atoms with Crippen LogP contribution in [0.5, 0.6) is 0 Å². The number of hydrogen-bond acceptors (Lipinski definition) is 3. The summed E-state index contributed by atoms with van der Waals surface area (Å²) in [4.78, 5) is 10.7. The summed E-state index contributed by atoms with van der Waals surface area (Å²) in [6.07, 6.45) is 2.12. The van der Waals surface area contributed by atoms with Crippen LogP contribution in [-0.4, -0.2) is 17.2 Å². The van der Waals surface area contributed by atoms with Crippen LogP contribution in [0.3, 0.4) is 0 Å². The van der Waals surface area contributed by atoms with Crippen molar-refractivity contribution in [3.05, 3.63) is 24.2 Å². The Balaban J connectivity index is 2.37. The lowest BCUT2D eigenvalue weighted by molar-refractivity contribution is -0.152. The lowest BCUT2D eigenvalue weighted by atomic mass is 10.2. The molecule has 0 spiro atoms. The van der Waals surface area contributed by atoms with Gasteiger partial charge in [-0.1, -0.05) is 13.3 Å². The summed E-state index contributed by atoms with van der Waals surface area (Å²) in [7, 11) is 0. The normalized spacial score (nSPS) is 12.6. The summed E-state index contributed by atoms with van der Waals surface area (Å²) in [5.41, 5.74) is 0. The Bertz CT molecular complexity index is 266. The van der Waals surface area contributed by atoms with Crippen molar-refractivity contribution in [2.75, 3.05) is 0 Å². The van der Waals surface area contributed by atoms with E-state index < -0.39 is 12.1 Å². The standard InChI is InChI=1S/C10H14O4/c1-2-4-9(10(11)12)14-7-8-5-3-6-13-8/h3,5-6,9H,2,4,7H2,1H3,(H,11,12). The van der Waals surface area contributed by atoms with Gasteiger partial charge in [0.05, 0.1) is 6.26 Å². The molecule has 1 unspecified atom stereocenters. The van der Waals surface area contributed by atoms with Crippen LogP contribution in [0.25, 0.3) is 0 Å². The Morgan fingerprint density at radius 1 is 1.71 bits per heavy atom. The van der Waals surface area contributed by atoms with Crippen molar-refractivity contribution < 1.29 is 19.1 Å². The summed E-state index contributed by atoms with van der Waals surface area (Å²) in [6, 6.07) is 3.50. The Hall–Kier alpha value is -1.29. The van der Waals surface area contributed by atoms with Gasteiger partial charge >= 0.3 is 5.97 Å². The molecule has 0 aliphatic carbocycles. The summed E-state index contributed by atoms with van der Waals surface area (Å²) in [5, 5.41) is 8.78. The first-order chi connectivity index (χ1) is 6.74. The molecular formula is C10H14O4. The third-order valence-electron chi connectivity index (χ3n) is 1.83. The summed E-state index contributed by atoms with van der Waals surface area (Å²) < 4.78 is 10.2. The van der Waals surface area contributed by atoms with Crippen molar-refractivity contribution >= 4 is 5.97 Å². The number of carboxylic acid groups (broad SMARTS) is 1. The number of hydrogen-bond donors (Lipinski definition) is 1. The maximum absolute atomic E-state index is 10.7. The fourth-order valence-electron chi connectivity index (χ4n) is 1.12. The quantitative estimate of drug-likeness (QED) is 0.759. The highest BCUT2D eigenvalue weighted by atomic mass is 16.5. The van der Waals surface area contributed by atoms with Gasteiger partial charge in [0.25, 0.3) is 0 Å². The monoisotopic (exact) mass is 198 g/mol. The number of ether oxygens (including phenoxy) is 1. The van der Waals surface area contributed by atoms with Gasteiger partial charge in [-0.2, -0.15) is 0 Å². The van der Waals surface area contributed by atoms with E-state index >= 15 is 0 Å². The van der Waals surface area contributed by atoms with Crippen molar-refractivity contribution in [3.8, 4) is 0 Å². The largest absolute Gasteiger partial charge is 0.479 e. The van der Waals surface area contributed by atoms with Crippen LogP contribution in [0.15, 0.2) is 22.8 Å². The fraction of sp³-hybridized carbons (Fsp3) is 0.500. The number of furan rings is 1. The maximum Gasteiger partial charge on any atom is 0.332 e. The lowest BCUT2D eigenvalue weighted by Gasteiger charge is -2.10. The van der Waals surface area contributed by atoms with E-state index in [0.29, 0.717) is 12.2 Å². The van der Waals surface area contributed by atoms with Gasteiger partial charge in [0, 0.05) is 0 Å². The number of rotatable bonds is 6. The van der Waals surface area contributed by atoms with Crippen LogP contribution in [0.2, 0.25) is 0 Å². The van der Waals surface area contributed by atoms with Gasteiger partial charge in [0.1, 0.15) is 12.4 Å². The van der Waals surface area contributed by atoms with E-state index in [4.69, 9.17) is 14.3 Å². The van der Waals surface area contributed by atoms with E-state index in [9.17, 15) is 4.79 Å². The molecule has 1 N–H and O–H groups in total. The fourth-order valence-corrected chi connectivity index (χ4v) is 1.12. The molecule has 1 atom stereocenters. The minimum Gasteiger partial charge on any atom is -0.479 e. The summed E-state index contributed by atoms with van der Waals surface area (Å²) >= 11 is 0. The summed E-state index contributed by atoms with van der Waals surface area (Å²) in [5.74, 6) is -0.272. The molecule has 0 saturated heterocycles. The van der Waals surface area contributed by atoms with Gasteiger partial charge in [-0.15, -0.1) is 0 Å². The molecule has 1 heterocycles. The molecule has 0 saturated carbocycles. The second-order valence-electron chi connectivity index (χ2n) is 3.01. The SMILES string of the molecule is CCCC(OCc1ccco1)C(=O)O. The van der Waals surface area contributed by atoms with Gasteiger partial charge in [-0.3, -0.25) is 0 Å². The van der Waals surface area contributed by atoms with Crippen LogP contribution < -0.4 is 0 Å². The molecule has 78 valence electrons. The minimum atomic E-state index is -0.918. The molecule has 4 heteroatoms. The van der Waals surface area contributed by atoms with Crippen LogP contribution in [0.4, 0.5) is 0 Å². The second kappa shape index (κ2) is 5.44. The highest BCUT2D eigenvalue weighted by Crippen LogP contribution is 2.08. The zero-order valence-corrected chi connectivity index (χ0v) is 8.10. The Labute approximate surface area is 82.5 Å². The van der Waals surface area contributed by atoms with Gasteiger partial charge in [-0.25, -0.2) is 4.79 Å². The smallest absolute Gasteiger partial charge is 0.332 e. The topological polar surface area (TPSA) is 59.7 Å². The predicted molar refractivity (Wildman–Crippen MR) is 49.8 cm³/mol. The maximum atomic E-state index is 10.7. The van der Waals surface area contributed by atoms with Gasteiger partial charge in [-0.05, 0) is 18.6 Å². The molecule has 1 aromatic heterocycles. The van der Waals surface area contributed by atoms with Crippen molar-refractivity contribution in [2.45, 2.75) is 32.5 Å². The Kier molecular flexibility index (Phi) is 4.19. The average Bonchev–Trinajstić information content (AvgIpc) is 2.64. The average molecular weight is 198 g/mol. The minimum absolute atomic E-state index is 0.212. The Morgan fingerprint density at radius 2 is 2.50 bits per heavy atom. The number of carboxylic acids is 1.